The molecule has 9 heteroatoms. The zero-order valence-electron chi connectivity index (χ0n) is 16.5. The molecule has 2 fully saturated rings. The molecule has 2 saturated heterocycles. The summed E-state index contributed by atoms with van der Waals surface area (Å²) in [5, 5.41) is 5.38. The summed E-state index contributed by atoms with van der Waals surface area (Å²) in [5.41, 5.74) is 2.39. The van der Waals surface area contributed by atoms with Gasteiger partial charge in [-0.05, 0) is 42.2 Å². The largest absolute Gasteiger partial charge is 0.357 e. The van der Waals surface area contributed by atoms with E-state index in [4.69, 9.17) is 0 Å². The van der Waals surface area contributed by atoms with Crippen molar-refractivity contribution >= 4 is 40.4 Å². The second kappa shape index (κ2) is 9.17. The van der Waals surface area contributed by atoms with E-state index in [1.807, 2.05) is 12.1 Å². The Morgan fingerprint density at radius 2 is 1.77 bits per heavy atom. The maximum Gasteiger partial charge on any atom is 0.319 e. The van der Waals surface area contributed by atoms with Crippen LogP contribution in [0.2, 0.25) is 0 Å². The topological polar surface area (TPSA) is 94.6 Å². The molecule has 4 amide bonds. The SMILES string of the molecule is O=C(NCc1ccc(N2CCCC2)nc1)Nc1ccc(CN2C(=O)CSC2=O)cc1. The average Bonchev–Trinajstić information content (AvgIpc) is 3.40. The van der Waals surface area contributed by atoms with Gasteiger partial charge in [-0.15, -0.1) is 0 Å². The number of urea groups is 1. The first-order valence-electron chi connectivity index (χ1n) is 9.89. The van der Waals surface area contributed by atoms with Crippen LogP contribution in [0.5, 0.6) is 0 Å². The molecule has 0 unspecified atom stereocenters. The molecule has 0 atom stereocenters. The first-order chi connectivity index (χ1) is 14.6. The van der Waals surface area contributed by atoms with Crippen molar-refractivity contribution in [1.82, 2.24) is 15.2 Å². The van der Waals surface area contributed by atoms with Gasteiger partial charge in [-0.1, -0.05) is 30.0 Å². The summed E-state index contributed by atoms with van der Waals surface area (Å²) in [5.74, 6) is 1.01. The van der Waals surface area contributed by atoms with Crippen molar-refractivity contribution in [3.8, 4) is 0 Å². The van der Waals surface area contributed by atoms with Crippen LogP contribution in [0.25, 0.3) is 0 Å². The summed E-state index contributed by atoms with van der Waals surface area (Å²) < 4.78 is 0. The number of imide groups is 1. The van der Waals surface area contributed by atoms with Gasteiger partial charge in [0.15, 0.2) is 0 Å². The highest BCUT2D eigenvalue weighted by Gasteiger charge is 2.29. The average molecular weight is 426 g/mol. The van der Waals surface area contributed by atoms with E-state index in [2.05, 4.69) is 20.5 Å². The van der Waals surface area contributed by atoms with Crippen LogP contribution in [0, 0.1) is 0 Å². The highest BCUT2D eigenvalue weighted by atomic mass is 32.2. The number of carbonyl (C=O) groups excluding carboxylic acids is 3. The predicted octanol–water partition coefficient (Wildman–Crippen LogP) is 3.20. The van der Waals surface area contributed by atoms with Crippen LogP contribution in [0.4, 0.5) is 21.1 Å². The third kappa shape index (κ3) is 4.91. The number of thioether (sulfide) groups is 1. The second-order valence-electron chi connectivity index (χ2n) is 7.26. The number of rotatable bonds is 6. The van der Waals surface area contributed by atoms with Gasteiger partial charge in [-0.2, -0.15) is 0 Å². The lowest BCUT2D eigenvalue weighted by molar-refractivity contribution is -0.125. The number of amides is 4. The maximum absolute atomic E-state index is 12.2. The molecule has 0 bridgehead atoms. The minimum absolute atomic E-state index is 0.172. The van der Waals surface area contributed by atoms with E-state index in [-0.39, 0.29) is 29.5 Å². The molecule has 3 heterocycles. The molecule has 156 valence electrons. The molecule has 0 radical (unpaired) electrons. The van der Waals surface area contributed by atoms with Crippen molar-refractivity contribution in [2.45, 2.75) is 25.9 Å². The van der Waals surface area contributed by atoms with Gasteiger partial charge in [0, 0.05) is 31.5 Å². The minimum atomic E-state index is -0.312. The summed E-state index contributed by atoms with van der Waals surface area (Å²) in [4.78, 5) is 43.5. The molecule has 30 heavy (non-hydrogen) atoms. The minimum Gasteiger partial charge on any atom is -0.357 e. The smallest absolute Gasteiger partial charge is 0.319 e. The summed E-state index contributed by atoms with van der Waals surface area (Å²) in [7, 11) is 0. The van der Waals surface area contributed by atoms with Gasteiger partial charge in [-0.3, -0.25) is 14.5 Å². The van der Waals surface area contributed by atoms with Gasteiger partial charge in [0.25, 0.3) is 5.24 Å². The van der Waals surface area contributed by atoms with Crippen molar-refractivity contribution in [2.75, 3.05) is 29.1 Å². The lowest BCUT2D eigenvalue weighted by Crippen LogP contribution is -2.28. The number of hydrogen-bond acceptors (Lipinski definition) is 6. The molecular formula is C21H23N5O3S. The van der Waals surface area contributed by atoms with E-state index in [1.165, 1.54) is 17.7 Å². The Balaban J connectivity index is 1.24. The molecule has 0 spiro atoms. The number of nitrogens with one attached hydrogen (secondary N) is 2. The molecule has 4 rings (SSSR count). The number of carbonyl (C=O) groups is 3. The predicted molar refractivity (Wildman–Crippen MR) is 116 cm³/mol. The van der Waals surface area contributed by atoms with Gasteiger partial charge in [-0.25, -0.2) is 9.78 Å². The van der Waals surface area contributed by atoms with Gasteiger partial charge >= 0.3 is 6.03 Å². The van der Waals surface area contributed by atoms with E-state index < -0.39 is 0 Å². The highest BCUT2D eigenvalue weighted by molar-refractivity contribution is 8.14. The standard InChI is InChI=1S/C21H23N5O3S/c27-19-14-30-21(29)26(19)13-15-3-6-17(7-4-15)24-20(28)23-12-16-5-8-18(22-11-16)25-9-1-2-10-25/h3-8,11H,1-2,9-10,12-14H2,(H2,23,24,28). The Hall–Kier alpha value is -3.07. The number of nitrogens with zero attached hydrogens (tertiary/aromatic N) is 3. The Kier molecular flexibility index (Phi) is 6.18. The quantitative estimate of drug-likeness (QED) is 0.738. The number of hydrogen-bond donors (Lipinski definition) is 2. The summed E-state index contributed by atoms with van der Waals surface area (Å²) in [6, 6.07) is 10.7. The fourth-order valence-electron chi connectivity index (χ4n) is 3.42. The van der Waals surface area contributed by atoms with E-state index in [0.717, 1.165) is 41.8 Å². The van der Waals surface area contributed by atoms with Crippen LogP contribution < -0.4 is 15.5 Å². The number of benzene rings is 1. The van der Waals surface area contributed by atoms with Crippen molar-refractivity contribution in [3.63, 3.8) is 0 Å². The molecule has 0 aliphatic carbocycles. The molecule has 0 saturated carbocycles. The lowest BCUT2D eigenvalue weighted by atomic mass is 10.2. The first-order valence-corrected chi connectivity index (χ1v) is 10.9. The molecule has 1 aromatic heterocycles. The second-order valence-corrected chi connectivity index (χ2v) is 8.18. The van der Waals surface area contributed by atoms with Crippen LogP contribution in [0.15, 0.2) is 42.6 Å². The normalized spacial score (nSPS) is 16.3. The fraction of sp³-hybridized carbons (Fsp3) is 0.333. The number of pyridine rings is 1. The van der Waals surface area contributed by atoms with Gasteiger partial charge in [0.05, 0.1) is 12.3 Å². The van der Waals surface area contributed by atoms with Crippen LogP contribution >= 0.6 is 11.8 Å². The monoisotopic (exact) mass is 425 g/mol. The first kappa shape index (κ1) is 20.2. The third-order valence-corrected chi connectivity index (χ3v) is 5.94. The van der Waals surface area contributed by atoms with Gasteiger partial charge < -0.3 is 15.5 Å². The summed E-state index contributed by atoms with van der Waals surface area (Å²) in [6.07, 6.45) is 4.21. The van der Waals surface area contributed by atoms with Crippen LogP contribution in [0.3, 0.4) is 0 Å². The highest BCUT2D eigenvalue weighted by Crippen LogP contribution is 2.22. The van der Waals surface area contributed by atoms with E-state index >= 15 is 0 Å². The molecule has 2 N–H and O–H groups in total. The molecule has 2 aliphatic heterocycles. The number of aromatic nitrogens is 1. The van der Waals surface area contributed by atoms with E-state index in [0.29, 0.717) is 12.2 Å². The lowest BCUT2D eigenvalue weighted by Gasteiger charge is -2.16. The van der Waals surface area contributed by atoms with Crippen LogP contribution in [-0.4, -0.2) is 45.9 Å². The van der Waals surface area contributed by atoms with Crippen LogP contribution in [0.1, 0.15) is 24.0 Å². The van der Waals surface area contributed by atoms with Crippen molar-refractivity contribution in [1.29, 1.82) is 0 Å². The van der Waals surface area contributed by atoms with Crippen LogP contribution in [-0.2, 0) is 17.9 Å². The zero-order valence-corrected chi connectivity index (χ0v) is 17.3. The maximum atomic E-state index is 12.2. The Morgan fingerprint density at radius 3 is 2.40 bits per heavy atom. The summed E-state index contributed by atoms with van der Waals surface area (Å²) in [6.45, 7) is 2.73. The van der Waals surface area contributed by atoms with Gasteiger partial charge in [0.2, 0.25) is 5.91 Å². The van der Waals surface area contributed by atoms with Crippen molar-refractivity contribution in [2.24, 2.45) is 0 Å². The molecule has 1 aromatic carbocycles. The third-order valence-electron chi connectivity index (χ3n) is 5.09. The zero-order chi connectivity index (χ0) is 20.9. The molecule has 8 nitrogen and oxygen atoms in total. The van der Waals surface area contributed by atoms with E-state index in [1.54, 1.807) is 30.5 Å². The Morgan fingerprint density at radius 1 is 1.03 bits per heavy atom. The molecule has 2 aliphatic rings. The molecular weight excluding hydrogens is 402 g/mol. The van der Waals surface area contributed by atoms with E-state index in [9.17, 15) is 14.4 Å². The summed E-state index contributed by atoms with van der Waals surface area (Å²) >= 11 is 1.02. The van der Waals surface area contributed by atoms with Crippen molar-refractivity contribution < 1.29 is 14.4 Å². The van der Waals surface area contributed by atoms with Crippen molar-refractivity contribution in [3.05, 3.63) is 53.7 Å². The Labute approximate surface area is 179 Å². The van der Waals surface area contributed by atoms with Gasteiger partial charge in [0.1, 0.15) is 5.82 Å². The Bertz CT molecular complexity index is 911. The number of anilines is 2. The molecule has 2 aromatic rings. The fourth-order valence-corrected chi connectivity index (χ4v) is 4.15.